The lowest BCUT2D eigenvalue weighted by Gasteiger charge is -2.10. The van der Waals surface area contributed by atoms with Gasteiger partial charge < -0.3 is 9.84 Å². The van der Waals surface area contributed by atoms with E-state index in [4.69, 9.17) is 9.84 Å². The molecule has 0 saturated heterocycles. The molecule has 25 heavy (non-hydrogen) atoms. The summed E-state index contributed by atoms with van der Waals surface area (Å²) in [6, 6.07) is 10.8. The number of carbonyl (C=O) groups excluding carboxylic acids is 1. The summed E-state index contributed by atoms with van der Waals surface area (Å²) in [5.74, 6) is -1.91. The maximum absolute atomic E-state index is 12.4. The molecule has 0 saturated carbocycles. The van der Waals surface area contributed by atoms with Gasteiger partial charge in [-0.15, -0.1) is 0 Å². The molecule has 130 valence electrons. The molecule has 0 unspecified atom stereocenters. The van der Waals surface area contributed by atoms with E-state index in [0.29, 0.717) is 0 Å². The maximum atomic E-state index is 12.4. The molecule has 0 aliphatic rings. The minimum atomic E-state index is -4.10. The van der Waals surface area contributed by atoms with E-state index in [-0.39, 0.29) is 28.3 Å². The molecule has 2 rings (SSSR count). The van der Waals surface area contributed by atoms with Crippen LogP contribution in [0.5, 0.6) is 0 Å². The number of hydrogen-bond donors (Lipinski definition) is 2. The van der Waals surface area contributed by atoms with Crippen LogP contribution in [0.2, 0.25) is 0 Å². The zero-order valence-corrected chi connectivity index (χ0v) is 13.8. The van der Waals surface area contributed by atoms with Gasteiger partial charge in [0, 0.05) is 5.69 Å². The van der Waals surface area contributed by atoms with Crippen LogP contribution in [-0.4, -0.2) is 32.1 Å². The summed E-state index contributed by atoms with van der Waals surface area (Å²) in [4.78, 5) is 22.5. The number of sulfonamides is 1. The number of nitrogens with one attached hydrogen (secondary N) is 1. The second-order valence-electron chi connectivity index (χ2n) is 4.87. The highest BCUT2D eigenvalue weighted by Gasteiger charge is 2.22. The largest absolute Gasteiger partial charge is 0.478 e. The Morgan fingerprint density at radius 1 is 1.12 bits per heavy atom. The fraction of sp³-hybridized carbons (Fsp3) is 0.0588. The Morgan fingerprint density at radius 3 is 2.36 bits per heavy atom. The molecular formula is C17H15NO6S. The number of esters is 1. The van der Waals surface area contributed by atoms with Crippen LogP contribution in [0.4, 0.5) is 5.69 Å². The van der Waals surface area contributed by atoms with Gasteiger partial charge in [0.1, 0.15) is 11.5 Å². The SMILES string of the molecule is C=CCOC(=O)c1ccc(NS(=O)(=O)c2ccccc2C(=O)O)cc1. The number of carboxylic acid groups (broad SMARTS) is 1. The van der Waals surface area contributed by atoms with Crippen LogP contribution in [0, 0.1) is 0 Å². The number of ether oxygens (including phenoxy) is 1. The molecule has 0 heterocycles. The van der Waals surface area contributed by atoms with Crippen molar-refractivity contribution in [1.29, 1.82) is 0 Å². The van der Waals surface area contributed by atoms with Crippen molar-refractivity contribution >= 4 is 27.6 Å². The Hall–Kier alpha value is -3.13. The summed E-state index contributed by atoms with van der Waals surface area (Å²) in [5.41, 5.74) is 0.0934. The smallest absolute Gasteiger partial charge is 0.338 e. The normalized spacial score (nSPS) is 10.7. The van der Waals surface area contributed by atoms with Gasteiger partial charge in [-0.25, -0.2) is 18.0 Å². The second kappa shape index (κ2) is 7.63. The summed E-state index contributed by atoms with van der Waals surface area (Å²) in [5, 5.41) is 9.11. The topological polar surface area (TPSA) is 110 Å². The van der Waals surface area contributed by atoms with E-state index >= 15 is 0 Å². The van der Waals surface area contributed by atoms with E-state index in [1.165, 1.54) is 54.6 Å². The number of hydrogen-bond acceptors (Lipinski definition) is 5. The van der Waals surface area contributed by atoms with Crippen molar-refractivity contribution in [3.63, 3.8) is 0 Å². The molecule has 0 bridgehead atoms. The number of aromatic carboxylic acids is 1. The predicted molar refractivity (Wildman–Crippen MR) is 91.1 cm³/mol. The zero-order valence-electron chi connectivity index (χ0n) is 13.0. The Labute approximate surface area is 144 Å². The van der Waals surface area contributed by atoms with Crippen LogP contribution in [-0.2, 0) is 14.8 Å². The van der Waals surface area contributed by atoms with Crippen molar-refractivity contribution in [2.45, 2.75) is 4.90 Å². The molecule has 2 N–H and O–H groups in total. The molecule has 0 aliphatic carbocycles. The maximum Gasteiger partial charge on any atom is 0.338 e. The first kappa shape index (κ1) is 18.2. The van der Waals surface area contributed by atoms with Crippen molar-refractivity contribution in [1.82, 2.24) is 0 Å². The summed E-state index contributed by atoms with van der Waals surface area (Å²) in [7, 11) is -4.10. The van der Waals surface area contributed by atoms with E-state index in [0.717, 1.165) is 0 Å². The van der Waals surface area contributed by atoms with E-state index in [1.54, 1.807) is 0 Å². The summed E-state index contributed by atoms with van der Waals surface area (Å²) >= 11 is 0. The van der Waals surface area contributed by atoms with Gasteiger partial charge in [0.2, 0.25) is 0 Å². The summed E-state index contributed by atoms with van der Waals surface area (Å²) in [6.07, 6.45) is 1.43. The van der Waals surface area contributed by atoms with Gasteiger partial charge in [0.05, 0.1) is 11.1 Å². The van der Waals surface area contributed by atoms with Gasteiger partial charge in [-0.3, -0.25) is 4.72 Å². The average molecular weight is 361 g/mol. The van der Waals surface area contributed by atoms with Crippen LogP contribution in [0.1, 0.15) is 20.7 Å². The Balaban J connectivity index is 2.23. The molecule has 0 radical (unpaired) electrons. The Bertz CT molecular complexity index is 903. The van der Waals surface area contributed by atoms with Gasteiger partial charge in [0.25, 0.3) is 10.0 Å². The van der Waals surface area contributed by atoms with E-state index < -0.39 is 22.0 Å². The second-order valence-corrected chi connectivity index (χ2v) is 6.52. The fourth-order valence-corrected chi connectivity index (χ4v) is 3.24. The van der Waals surface area contributed by atoms with Crippen LogP contribution in [0.3, 0.4) is 0 Å². The molecule has 0 aliphatic heterocycles. The highest BCUT2D eigenvalue weighted by atomic mass is 32.2. The van der Waals surface area contributed by atoms with Crippen LogP contribution < -0.4 is 4.72 Å². The molecule has 0 amide bonds. The minimum Gasteiger partial charge on any atom is -0.478 e. The van der Waals surface area contributed by atoms with E-state index in [2.05, 4.69) is 11.3 Å². The minimum absolute atomic E-state index is 0.0686. The molecule has 2 aromatic rings. The van der Waals surface area contributed by atoms with Crippen LogP contribution >= 0.6 is 0 Å². The van der Waals surface area contributed by atoms with Gasteiger partial charge in [-0.05, 0) is 36.4 Å². The lowest BCUT2D eigenvalue weighted by atomic mass is 10.2. The summed E-state index contributed by atoms with van der Waals surface area (Å²) < 4.78 is 32.0. The zero-order chi connectivity index (χ0) is 18.4. The van der Waals surface area contributed by atoms with Gasteiger partial charge in [-0.1, -0.05) is 24.8 Å². The lowest BCUT2D eigenvalue weighted by molar-refractivity contribution is 0.0549. The highest BCUT2D eigenvalue weighted by Crippen LogP contribution is 2.20. The van der Waals surface area contributed by atoms with Gasteiger partial charge >= 0.3 is 11.9 Å². The van der Waals surface area contributed by atoms with E-state index in [9.17, 15) is 18.0 Å². The first-order valence-corrected chi connectivity index (χ1v) is 8.56. The Morgan fingerprint density at radius 2 is 1.76 bits per heavy atom. The number of carboxylic acids is 1. The number of benzene rings is 2. The molecule has 0 atom stereocenters. The fourth-order valence-electron chi connectivity index (χ4n) is 1.98. The van der Waals surface area contributed by atoms with Crippen molar-refractivity contribution in [3.8, 4) is 0 Å². The molecule has 7 nitrogen and oxygen atoms in total. The van der Waals surface area contributed by atoms with Crippen molar-refractivity contribution in [2.75, 3.05) is 11.3 Å². The van der Waals surface area contributed by atoms with Gasteiger partial charge in [0.15, 0.2) is 0 Å². The molecule has 8 heteroatoms. The predicted octanol–water partition coefficient (Wildman–Crippen LogP) is 2.53. The molecule has 0 aromatic heterocycles. The number of anilines is 1. The van der Waals surface area contributed by atoms with Crippen LogP contribution in [0.15, 0.2) is 66.1 Å². The summed E-state index contributed by atoms with van der Waals surface area (Å²) in [6.45, 7) is 3.50. The quantitative estimate of drug-likeness (QED) is 0.579. The van der Waals surface area contributed by atoms with E-state index in [1.807, 2.05) is 0 Å². The molecule has 0 spiro atoms. The monoisotopic (exact) mass is 361 g/mol. The lowest BCUT2D eigenvalue weighted by Crippen LogP contribution is -2.17. The first-order chi connectivity index (χ1) is 11.8. The number of carbonyl (C=O) groups is 2. The Kier molecular flexibility index (Phi) is 5.56. The third-order valence-electron chi connectivity index (χ3n) is 3.11. The highest BCUT2D eigenvalue weighted by molar-refractivity contribution is 7.92. The molecule has 2 aromatic carbocycles. The van der Waals surface area contributed by atoms with Crippen molar-refractivity contribution in [3.05, 3.63) is 72.3 Å². The van der Waals surface area contributed by atoms with Gasteiger partial charge in [-0.2, -0.15) is 0 Å². The van der Waals surface area contributed by atoms with Crippen molar-refractivity contribution in [2.24, 2.45) is 0 Å². The third-order valence-corrected chi connectivity index (χ3v) is 4.55. The first-order valence-electron chi connectivity index (χ1n) is 7.08. The standard InChI is InChI=1S/C17H15NO6S/c1-2-11-24-17(21)12-7-9-13(10-8-12)18-25(22,23)15-6-4-3-5-14(15)16(19)20/h2-10,18H,1,11H2,(H,19,20). The third kappa shape index (κ3) is 4.45. The van der Waals surface area contributed by atoms with Crippen molar-refractivity contribution < 1.29 is 27.9 Å². The average Bonchev–Trinajstić information content (AvgIpc) is 2.60. The number of rotatable bonds is 7. The van der Waals surface area contributed by atoms with Crippen LogP contribution in [0.25, 0.3) is 0 Å². The molecular weight excluding hydrogens is 346 g/mol. The molecule has 0 fully saturated rings.